The summed E-state index contributed by atoms with van der Waals surface area (Å²) in [6, 6.07) is 6.45. The minimum Gasteiger partial charge on any atom is -0.294 e. The lowest BCUT2D eigenvalue weighted by atomic mass is 9.84. The maximum absolute atomic E-state index is 12.9. The molecule has 0 aromatic heterocycles. The third-order valence-corrected chi connectivity index (χ3v) is 4.40. The van der Waals surface area contributed by atoms with E-state index in [2.05, 4.69) is 59.7 Å². The van der Waals surface area contributed by atoms with Crippen LogP contribution in [-0.2, 0) is 0 Å². The lowest BCUT2D eigenvalue weighted by Crippen LogP contribution is -2.17. The van der Waals surface area contributed by atoms with E-state index in [1.54, 1.807) is 0 Å². The van der Waals surface area contributed by atoms with Crippen molar-refractivity contribution in [2.24, 2.45) is 5.92 Å². The van der Waals surface area contributed by atoms with Gasteiger partial charge in [0.15, 0.2) is 5.78 Å². The van der Waals surface area contributed by atoms with Crippen molar-refractivity contribution in [2.75, 3.05) is 0 Å². The number of hydrogen-bond donors (Lipinski definition) is 0. The van der Waals surface area contributed by atoms with Crippen LogP contribution in [0.4, 0.5) is 0 Å². The first kappa shape index (κ1) is 17.9. The Kier molecular flexibility index (Phi) is 7.14. The molecule has 1 aromatic rings. The average molecular weight is 288 g/mol. The van der Waals surface area contributed by atoms with Crippen LogP contribution in [0, 0.1) is 5.92 Å². The van der Waals surface area contributed by atoms with Gasteiger partial charge in [0, 0.05) is 11.5 Å². The molecule has 1 aromatic carbocycles. The minimum atomic E-state index is 0.187. The Hall–Kier alpha value is -1.11. The Bertz CT molecular complexity index is 457. The van der Waals surface area contributed by atoms with Gasteiger partial charge >= 0.3 is 0 Å². The maximum Gasteiger partial charge on any atom is 0.166 e. The highest BCUT2D eigenvalue weighted by atomic mass is 16.1. The van der Waals surface area contributed by atoms with Crippen molar-refractivity contribution in [3.8, 4) is 0 Å². The number of hydrogen-bond acceptors (Lipinski definition) is 1. The molecule has 0 saturated carbocycles. The third kappa shape index (κ3) is 4.69. The van der Waals surface area contributed by atoms with E-state index in [9.17, 15) is 4.79 Å². The standard InChI is InChI=1S/C20H32O/c1-7-9-10-16(8-2)20(21)18-12-11-17(14(3)4)13-19(18)15(5)6/h11-16H,7-10H2,1-6H3. The van der Waals surface area contributed by atoms with Gasteiger partial charge in [-0.3, -0.25) is 4.79 Å². The summed E-state index contributed by atoms with van der Waals surface area (Å²) < 4.78 is 0. The summed E-state index contributed by atoms with van der Waals surface area (Å²) in [5.74, 6) is 1.44. The molecule has 118 valence electrons. The summed E-state index contributed by atoms with van der Waals surface area (Å²) in [5, 5.41) is 0. The van der Waals surface area contributed by atoms with Crippen molar-refractivity contribution in [3.05, 3.63) is 34.9 Å². The molecule has 1 unspecified atom stereocenters. The zero-order valence-electron chi connectivity index (χ0n) is 14.7. The predicted molar refractivity (Wildman–Crippen MR) is 92.3 cm³/mol. The number of rotatable bonds is 8. The van der Waals surface area contributed by atoms with Gasteiger partial charge in [-0.15, -0.1) is 0 Å². The van der Waals surface area contributed by atoms with Gasteiger partial charge in [-0.05, 0) is 35.8 Å². The first-order valence-corrected chi connectivity index (χ1v) is 8.60. The average Bonchev–Trinajstić information content (AvgIpc) is 2.46. The van der Waals surface area contributed by atoms with Crippen LogP contribution in [0.3, 0.4) is 0 Å². The van der Waals surface area contributed by atoms with Crippen molar-refractivity contribution >= 4 is 5.78 Å². The molecule has 0 amide bonds. The van der Waals surface area contributed by atoms with E-state index in [1.807, 2.05) is 0 Å². The topological polar surface area (TPSA) is 17.1 Å². The molecule has 0 bridgehead atoms. The molecular weight excluding hydrogens is 256 g/mol. The quantitative estimate of drug-likeness (QED) is 0.511. The Balaban J connectivity index is 3.12. The van der Waals surface area contributed by atoms with E-state index in [4.69, 9.17) is 0 Å². The molecule has 0 spiro atoms. The molecule has 0 aliphatic rings. The molecule has 0 N–H and O–H groups in total. The molecule has 0 radical (unpaired) electrons. The monoisotopic (exact) mass is 288 g/mol. The first-order valence-electron chi connectivity index (χ1n) is 8.60. The fraction of sp³-hybridized carbons (Fsp3) is 0.650. The highest BCUT2D eigenvalue weighted by Crippen LogP contribution is 2.28. The predicted octanol–water partition coefficient (Wildman–Crippen LogP) is 6.33. The Morgan fingerprint density at radius 1 is 1.05 bits per heavy atom. The second kappa shape index (κ2) is 8.36. The van der Waals surface area contributed by atoms with Crippen LogP contribution in [0.15, 0.2) is 18.2 Å². The van der Waals surface area contributed by atoms with Crippen molar-refractivity contribution in [1.82, 2.24) is 0 Å². The van der Waals surface area contributed by atoms with E-state index >= 15 is 0 Å². The summed E-state index contributed by atoms with van der Waals surface area (Å²) in [6.07, 6.45) is 4.27. The summed E-state index contributed by atoms with van der Waals surface area (Å²) in [6.45, 7) is 13.1. The van der Waals surface area contributed by atoms with Crippen LogP contribution >= 0.6 is 0 Å². The van der Waals surface area contributed by atoms with Gasteiger partial charge in [0.05, 0.1) is 0 Å². The second-order valence-electron chi connectivity index (χ2n) is 6.77. The lowest BCUT2D eigenvalue weighted by Gasteiger charge is -2.19. The molecule has 0 aliphatic heterocycles. The molecule has 21 heavy (non-hydrogen) atoms. The second-order valence-corrected chi connectivity index (χ2v) is 6.77. The van der Waals surface area contributed by atoms with E-state index < -0.39 is 0 Å². The first-order chi connectivity index (χ1) is 9.92. The van der Waals surface area contributed by atoms with Crippen LogP contribution < -0.4 is 0 Å². The van der Waals surface area contributed by atoms with Crippen LogP contribution in [0.25, 0.3) is 0 Å². The number of unbranched alkanes of at least 4 members (excludes halogenated alkanes) is 1. The molecular formula is C20H32O. The zero-order chi connectivity index (χ0) is 16.0. The van der Waals surface area contributed by atoms with E-state index in [0.717, 1.165) is 31.2 Å². The third-order valence-electron chi connectivity index (χ3n) is 4.40. The number of Topliss-reactive ketones (excluding diaryl/α,β-unsaturated/α-hetero) is 1. The van der Waals surface area contributed by atoms with Crippen molar-refractivity contribution < 1.29 is 4.79 Å². The number of carbonyl (C=O) groups is 1. The van der Waals surface area contributed by atoms with Gasteiger partial charge < -0.3 is 0 Å². The molecule has 0 fully saturated rings. The smallest absolute Gasteiger partial charge is 0.166 e. The zero-order valence-corrected chi connectivity index (χ0v) is 14.7. The SMILES string of the molecule is CCCCC(CC)C(=O)c1ccc(C(C)C)cc1C(C)C. The number of ketones is 1. The van der Waals surface area contributed by atoms with Gasteiger partial charge in [0.1, 0.15) is 0 Å². The van der Waals surface area contributed by atoms with Gasteiger partial charge in [-0.2, -0.15) is 0 Å². The fourth-order valence-electron chi connectivity index (χ4n) is 2.83. The van der Waals surface area contributed by atoms with E-state index in [1.165, 1.54) is 11.1 Å². The minimum absolute atomic E-state index is 0.187. The van der Waals surface area contributed by atoms with Crippen LogP contribution in [0.2, 0.25) is 0 Å². The molecule has 1 nitrogen and oxygen atoms in total. The molecule has 0 heterocycles. The van der Waals surface area contributed by atoms with Crippen molar-refractivity contribution in [2.45, 2.75) is 79.1 Å². The van der Waals surface area contributed by atoms with Gasteiger partial charge in [0.2, 0.25) is 0 Å². The summed E-state index contributed by atoms with van der Waals surface area (Å²) in [7, 11) is 0. The lowest BCUT2D eigenvalue weighted by molar-refractivity contribution is 0.0907. The summed E-state index contributed by atoms with van der Waals surface area (Å²) in [4.78, 5) is 12.9. The Labute approximate surface area is 131 Å². The van der Waals surface area contributed by atoms with Crippen LogP contribution in [0.5, 0.6) is 0 Å². The highest BCUT2D eigenvalue weighted by Gasteiger charge is 2.22. The Morgan fingerprint density at radius 2 is 1.71 bits per heavy atom. The molecule has 1 rings (SSSR count). The molecule has 1 heteroatoms. The van der Waals surface area contributed by atoms with Gasteiger partial charge in [-0.25, -0.2) is 0 Å². The maximum atomic E-state index is 12.9. The number of carbonyl (C=O) groups excluding carboxylic acids is 1. The molecule has 0 aliphatic carbocycles. The summed E-state index contributed by atoms with van der Waals surface area (Å²) >= 11 is 0. The fourth-order valence-corrected chi connectivity index (χ4v) is 2.83. The highest BCUT2D eigenvalue weighted by molar-refractivity contribution is 5.99. The van der Waals surface area contributed by atoms with Crippen LogP contribution in [0.1, 0.15) is 101 Å². The van der Waals surface area contributed by atoms with Crippen molar-refractivity contribution in [1.29, 1.82) is 0 Å². The summed E-state index contributed by atoms with van der Waals surface area (Å²) in [5.41, 5.74) is 3.51. The molecule has 1 atom stereocenters. The van der Waals surface area contributed by atoms with E-state index in [0.29, 0.717) is 17.6 Å². The van der Waals surface area contributed by atoms with Gasteiger partial charge in [0.25, 0.3) is 0 Å². The number of benzene rings is 1. The Morgan fingerprint density at radius 3 is 2.19 bits per heavy atom. The molecule has 0 saturated heterocycles. The normalized spacial score (nSPS) is 13.0. The van der Waals surface area contributed by atoms with E-state index in [-0.39, 0.29) is 5.92 Å². The van der Waals surface area contributed by atoms with Crippen molar-refractivity contribution in [3.63, 3.8) is 0 Å². The largest absolute Gasteiger partial charge is 0.294 e. The van der Waals surface area contributed by atoms with Gasteiger partial charge in [-0.1, -0.05) is 72.6 Å². The van der Waals surface area contributed by atoms with Crippen LogP contribution in [-0.4, -0.2) is 5.78 Å².